The highest BCUT2D eigenvalue weighted by Crippen LogP contribution is 2.28. The SMILES string of the molecule is COc1cccc(C(=O)Nc2c(N)cccc2Cl)c1. The molecule has 19 heavy (non-hydrogen) atoms. The number of carbonyl (C=O) groups excluding carboxylic acids is 1. The molecule has 0 saturated heterocycles. The Balaban J connectivity index is 2.25. The minimum atomic E-state index is -0.293. The van der Waals surface area contributed by atoms with Gasteiger partial charge in [0.2, 0.25) is 0 Å². The number of hydrogen-bond donors (Lipinski definition) is 2. The van der Waals surface area contributed by atoms with E-state index in [1.165, 1.54) is 0 Å². The number of para-hydroxylation sites is 1. The van der Waals surface area contributed by atoms with Gasteiger partial charge in [-0.05, 0) is 30.3 Å². The largest absolute Gasteiger partial charge is 0.497 e. The van der Waals surface area contributed by atoms with Crippen molar-refractivity contribution in [1.82, 2.24) is 0 Å². The van der Waals surface area contributed by atoms with Crippen LogP contribution in [0.3, 0.4) is 0 Å². The molecule has 0 fully saturated rings. The van der Waals surface area contributed by atoms with E-state index in [4.69, 9.17) is 22.1 Å². The number of nitrogens with two attached hydrogens (primary N) is 1. The first-order chi connectivity index (χ1) is 9.11. The fraction of sp³-hybridized carbons (Fsp3) is 0.0714. The zero-order valence-corrected chi connectivity index (χ0v) is 11.1. The predicted molar refractivity (Wildman–Crippen MR) is 76.8 cm³/mol. The number of amides is 1. The van der Waals surface area contributed by atoms with Crippen LogP contribution in [0.5, 0.6) is 5.75 Å². The van der Waals surface area contributed by atoms with Crippen LogP contribution in [0.25, 0.3) is 0 Å². The second kappa shape index (κ2) is 5.63. The van der Waals surface area contributed by atoms with Crippen LogP contribution in [0.15, 0.2) is 42.5 Å². The van der Waals surface area contributed by atoms with Crippen LogP contribution < -0.4 is 15.8 Å². The summed E-state index contributed by atoms with van der Waals surface area (Å²) in [5.41, 5.74) is 7.08. The molecule has 0 heterocycles. The Morgan fingerprint density at radius 2 is 2.00 bits per heavy atom. The number of nitrogens with one attached hydrogen (secondary N) is 1. The molecule has 0 radical (unpaired) electrons. The van der Waals surface area contributed by atoms with E-state index in [-0.39, 0.29) is 5.91 Å². The molecule has 0 bridgehead atoms. The first-order valence-electron chi connectivity index (χ1n) is 5.61. The molecule has 0 spiro atoms. The van der Waals surface area contributed by atoms with Crippen molar-refractivity contribution < 1.29 is 9.53 Å². The molecule has 4 nitrogen and oxygen atoms in total. The van der Waals surface area contributed by atoms with E-state index in [1.54, 1.807) is 49.6 Å². The maximum absolute atomic E-state index is 12.1. The number of nitrogen functional groups attached to an aromatic ring is 1. The molecule has 0 aliphatic rings. The number of ether oxygens (including phenoxy) is 1. The maximum Gasteiger partial charge on any atom is 0.255 e. The molecule has 5 heteroatoms. The van der Waals surface area contributed by atoms with Crippen LogP contribution in [0.2, 0.25) is 5.02 Å². The lowest BCUT2D eigenvalue weighted by molar-refractivity contribution is 0.102. The zero-order chi connectivity index (χ0) is 13.8. The fourth-order valence-corrected chi connectivity index (χ4v) is 1.85. The van der Waals surface area contributed by atoms with E-state index >= 15 is 0 Å². The van der Waals surface area contributed by atoms with Crippen molar-refractivity contribution in [3.63, 3.8) is 0 Å². The van der Waals surface area contributed by atoms with Crippen LogP contribution in [0.1, 0.15) is 10.4 Å². The van der Waals surface area contributed by atoms with E-state index in [2.05, 4.69) is 5.32 Å². The van der Waals surface area contributed by atoms with Gasteiger partial charge >= 0.3 is 0 Å². The summed E-state index contributed by atoms with van der Waals surface area (Å²) < 4.78 is 5.07. The second-order valence-electron chi connectivity index (χ2n) is 3.89. The molecule has 0 unspecified atom stereocenters. The number of carbonyl (C=O) groups is 1. The number of hydrogen-bond acceptors (Lipinski definition) is 3. The van der Waals surface area contributed by atoms with Gasteiger partial charge in [-0.25, -0.2) is 0 Å². The highest BCUT2D eigenvalue weighted by molar-refractivity contribution is 6.34. The third-order valence-corrected chi connectivity index (χ3v) is 2.93. The summed E-state index contributed by atoms with van der Waals surface area (Å²) in [6.07, 6.45) is 0. The minimum absolute atomic E-state index is 0.293. The van der Waals surface area contributed by atoms with Crippen molar-refractivity contribution in [2.75, 3.05) is 18.2 Å². The van der Waals surface area contributed by atoms with Crippen molar-refractivity contribution in [2.45, 2.75) is 0 Å². The van der Waals surface area contributed by atoms with Gasteiger partial charge in [0.15, 0.2) is 0 Å². The molecule has 0 aliphatic carbocycles. The van der Waals surface area contributed by atoms with Gasteiger partial charge < -0.3 is 15.8 Å². The van der Waals surface area contributed by atoms with Crippen molar-refractivity contribution in [2.24, 2.45) is 0 Å². The standard InChI is InChI=1S/C14H13ClN2O2/c1-19-10-5-2-4-9(8-10)14(18)17-13-11(15)6-3-7-12(13)16/h2-8H,16H2,1H3,(H,17,18). The summed E-state index contributed by atoms with van der Waals surface area (Å²) in [6.45, 7) is 0. The van der Waals surface area contributed by atoms with Crippen molar-refractivity contribution >= 4 is 28.9 Å². The molecule has 0 aromatic heterocycles. The summed E-state index contributed by atoms with van der Waals surface area (Å²) >= 11 is 6.00. The van der Waals surface area contributed by atoms with E-state index < -0.39 is 0 Å². The maximum atomic E-state index is 12.1. The number of halogens is 1. The zero-order valence-electron chi connectivity index (χ0n) is 10.3. The van der Waals surface area contributed by atoms with E-state index in [0.29, 0.717) is 27.7 Å². The van der Waals surface area contributed by atoms with E-state index in [9.17, 15) is 4.79 Å². The molecule has 0 atom stereocenters. The van der Waals surface area contributed by atoms with Crippen molar-refractivity contribution in [3.8, 4) is 5.75 Å². The highest BCUT2D eigenvalue weighted by Gasteiger charge is 2.11. The molecular weight excluding hydrogens is 264 g/mol. The molecule has 0 saturated carbocycles. The Labute approximate surface area is 116 Å². The van der Waals surface area contributed by atoms with E-state index in [1.807, 2.05) is 0 Å². The topological polar surface area (TPSA) is 64.3 Å². The van der Waals surface area contributed by atoms with Gasteiger partial charge in [-0.1, -0.05) is 23.7 Å². The number of anilines is 2. The van der Waals surface area contributed by atoms with Gasteiger partial charge in [0.25, 0.3) is 5.91 Å². The molecule has 2 rings (SSSR count). The summed E-state index contributed by atoms with van der Waals surface area (Å²) in [7, 11) is 1.54. The average molecular weight is 277 g/mol. The molecule has 2 aromatic carbocycles. The molecule has 3 N–H and O–H groups in total. The molecular formula is C14H13ClN2O2. The minimum Gasteiger partial charge on any atom is -0.497 e. The van der Waals surface area contributed by atoms with Crippen molar-refractivity contribution in [1.29, 1.82) is 0 Å². The first kappa shape index (κ1) is 13.2. The summed E-state index contributed by atoms with van der Waals surface area (Å²) in [5.74, 6) is 0.318. The summed E-state index contributed by atoms with van der Waals surface area (Å²) in [6, 6.07) is 11.9. The Morgan fingerprint density at radius 1 is 1.26 bits per heavy atom. The van der Waals surface area contributed by atoms with Crippen LogP contribution in [-0.2, 0) is 0 Å². The van der Waals surface area contributed by atoms with Crippen LogP contribution >= 0.6 is 11.6 Å². The van der Waals surface area contributed by atoms with Gasteiger partial charge in [0, 0.05) is 5.56 Å². The average Bonchev–Trinajstić information content (AvgIpc) is 2.43. The second-order valence-corrected chi connectivity index (χ2v) is 4.30. The summed E-state index contributed by atoms with van der Waals surface area (Å²) in [5, 5.41) is 3.09. The Kier molecular flexibility index (Phi) is 3.92. The van der Waals surface area contributed by atoms with Gasteiger partial charge in [0.05, 0.1) is 23.5 Å². The van der Waals surface area contributed by atoms with Gasteiger partial charge in [-0.3, -0.25) is 4.79 Å². The number of rotatable bonds is 3. The number of benzene rings is 2. The molecule has 1 amide bonds. The molecule has 2 aromatic rings. The van der Waals surface area contributed by atoms with Crippen LogP contribution in [0, 0.1) is 0 Å². The first-order valence-corrected chi connectivity index (χ1v) is 5.99. The lowest BCUT2D eigenvalue weighted by Gasteiger charge is -2.10. The smallest absolute Gasteiger partial charge is 0.255 e. The Bertz CT molecular complexity index is 594. The van der Waals surface area contributed by atoms with Gasteiger partial charge in [-0.2, -0.15) is 0 Å². The van der Waals surface area contributed by atoms with Crippen LogP contribution in [-0.4, -0.2) is 13.0 Å². The number of methoxy groups -OCH3 is 1. The third kappa shape index (κ3) is 2.98. The third-order valence-electron chi connectivity index (χ3n) is 2.62. The lowest BCUT2D eigenvalue weighted by atomic mass is 10.2. The molecule has 98 valence electrons. The lowest BCUT2D eigenvalue weighted by Crippen LogP contribution is -2.13. The van der Waals surface area contributed by atoms with Gasteiger partial charge in [0.1, 0.15) is 5.75 Å². The fourth-order valence-electron chi connectivity index (χ4n) is 1.62. The normalized spacial score (nSPS) is 10.0. The quantitative estimate of drug-likeness (QED) is 0.846. The summed E-state index contributed by atoms with van der Waals surface area (Å²) in [4.78, 5) is 12.1. The molecule has 0 aliphatic heterocycles. The Morgan fingerprint density at radius 3 is 2.68 bits per heavy atom. The predicted octanol–water partition coefficient (Wildman–Crippen LogP) is 3.18. The Hall–Kier alpha value is -2.20. The highest BCUT2D eigenvalue weighted by atomic mass is 35.5. The van der Waals surface area contributed by atoms with Crippen molar-refractivity contribution in [3.05, 3.63) is 53.1 Å². The van der Waals surface area contributed by atoms with E-state index in [0.717, 1.165) is 0 Å². The van der Waals surface area contributed by atoms with Crippen LogP contribution in [0.4, 0.5) is 11.4 Å². The monoisotopic (exact) mass is 276 g/mol. The van der Waals surface area contributed by atoms with Gasteiger partial charge in [-0.15, -0.1) is 0 Å².